The van der Waals surface area contributed by atoms with E-state index >= 15 is 0 Å². The van der Waals surface area contributed by atoms with Crippen LogP contribution in [0.15, 0.2) is 48.5 Å². The van der Waals surface area contributed by atoms with E-state index in [1.54, 1.807) is 48.5 Å². The summed E-state index contributed by atoms with van der Waals surface area (Å²) in [5, 5.41) is 0. The van der Waals surface area contributed by atoms with Gasteiger partial charge in [0.2, 0.25) is 0 Å². The lowest BCUT2D eigenvalue weighted by Crippen LogP contribution is -2.11. The summed E-state index contributed by atoms with van der Waals surface area (Å²) in [6, 6.07) is 14.0. The zero-order chi connectivity index (χ0) is 14.7. The van der Waals surface area contributed by atoms with E-state index in [-0.39, 0.29) is 0 Å². The van der Waals surface area contributed by atoms with E-state index in [1.165, 1.54) is 0 Å². The Bertz CT molecular complexity index is 643. The molecule has 0 aliphatic carbocycles. The van der Waals surface area contributed by atoms with Crippen molar-refractivity contribution in [1.82, 2.24) is 0 Å². The lowest BCUT2D eigenvalue weighted by atomic mass is 10.0. The first kappa shape index (κ1) is 14.2. The molecule has 0 saturated heterocycles. The van der Waals surface area contributed by atoms with Gasteiger partial charge in [0.25, 0.3) is 0 Å². The molecule has 0 saturated carbocycles. The van der Waals surface area contributed by atoms with Crippen LogP contribution in [0, 0.1) is 0 Å². The third-order valence-corrected chi connectivity index (χ3v) is 3.88. The molecule has 1 aliphatic rings. The molecule has 0 aromatic heterocycles. The first-order chi connectivity index (χ1) is 10.2. The predicted molar refractivity (Wildman–Crippen MR) is 76.5 cm³/mol. The summed E-state index contributed by atoms with van der Waals surface area (Å²) in [5.41, 5.74) is 1.29. The molecule has 3 rings (SSSR count). The van der Waals surface area contributed by atoms with E-state index in [4.69, 9.17) is 16.7 Å². The van der Waals surface area contributed by atoms with Crippen molar-refractivity contribution in [3.05, 3.63) is 48.5 Å². The maximum Gasteiger partial charge on any atom is 0.362 e. The van der Waals surface area contributed by atoms with E-state index in [0.717, 1.165) is 0 Å². The first-order valence-corrected chi connectivity index (χ1v) is 7.89. The molecule has 1 aliphatic heterocycles. The van der Waals surface area contributed by atoms with Crippen molar-refractivity contribution in [2.45, 2.75) is 0 Å². The van der Waals surface area contributed by atoms with Crippen molar-refractivity contribution in [1.29, 1.82) is 0 Å². The lowest BCUT2D eigenvalue weighted by molar-refractivity contribution is 0.130. The van der Waals surface area contributed by atoms with Crippen LogP contribution >= 0.6 is 0 Å². The minimum Gasteiger partial charge on any atom is -0.379 e. The van der Waals surface area contributed by atoms with Crippen molar-refractivity contribution in [3.63, 3.8) is 0 Å². The van der Waals surface area contributed by atoms with Crippen LogP contribution in [0.4, 0.5) is 0 Å². The molecule has 21 heavy (non-hydrogen) atoms. The smallest absolute Gasteiger partial charge is 0.362 e. The predicted octanol–water partition coefficient (Wildman–Crippen LogP) is 2.27. The Morgan fingerprint density at radius 3 is 1.62 bits per heavy atom. The van der Waals surface area contributed by atoms with Crippen LogP contribution in [0.3, 0.4) is 0 Å². The largest absolute Gasteiger partial charge is 0.379 e. The average molecular weight is 326 g/mol. The Balaban J connectivity index is 2.14. The number of rotatable bonds is 0. The van der Waals surface area contributed by atoms with Gasteiger partial charge in [-0.1, -0.05) is 36.4 Å². The second-order valence-corrected chi connectivity index (χ2v) is 5.54. The number of hydrogen-bond acceptors (Lipinski definition) is 6. The highest BCUT2D eigenvalue weighted by atomic mass is 32.2. The summed E-state index contributed by atoms with van der Waals surface area (Å²) in [6.07, 6.45) is 0. The standard InChI is InChI=1S/C13H10O6S2/c14-20-16-9-17-21(15)19-13-8-4-2-6-11(13)10-5-1-3-7-12(10)18-20/h1-8H,9H2. The maximum atomic E-state index is 11.6. The summed E-state index contributed by atoms with van der Waals surface area (Å²) in [6.45, 7) is -0.483. The molecule has 0 amide bonds. The fraction of sp³-hybridized carbons (Fsp3) is 0.0769. The SMILES string of the molecule is O=S1OCOS(=O)Oc2ccccc2-c2ccccc2O1. The van der Waals surface area contributed by atoms with Gasteiger partial charge in [-0.3, -0.25) is 0 Å². The summed E-state index contributed by atoms with van der Waals surface area (Å²) < 4.78 is 43.3. The molecule has 2 aromatic carbocycles. The Morgan fingerprint density at radius 1 is 0.714 bits per heavy atom. The summed E-state index contributed by atoms with van der Waals surface area (Å²) in [4.78, 5) is 0. The van der Waals surface area contributed by atoms with E-state index < -0.39 is 29.5 Å². The molecule has 110 valence electrons. The van der Waals surface area contributed by atoms with Crippen LogP contribution in [-0.2, 0) is 31.1 Å². The second-order valence-electron chi connectivity index (χ2n) is 3.92. The van der Waals surface area contributed by atoms with Crippen LogP contribution in [0.5, 0.6) is 11.5 Å². The Hall–Kier alpha value is -1.74. The first-order valence-electron chi connectivity index (χ1n) is 5.89. The van der Waals surface area contributed by atoms with Crippen LogP contribution in [0.1, 0.15) is 0 Å². The Labute approximate surface area is 126 Å². The van der Waals surface area contributed by atoms with Crippen LogP contribution in [-0.4, -0.2) is 15.2 Å². The van der Waals surface area contributed by atoms with E-state index in [1.807, 2.05) is 0 Å². The molecule has 1 heterocycles. The van der Waals surface area contributed by atoms with Gasteiger partial charge in [-0.05, 0) is 12.1 Å². The molecule has 6 nitrogen and oxygen atoms in total. The zero-order valence-electron chi connectivity index (χ0n) is 10.6. The molecule has 0 bridgehead atoms. The van der Waals surface area contributed by atoms with E-state index in [0.29, 0.717) is 22.6 Å². The zero-order valence-corrected chi connectivity index (χ0v) is 12.2. The molecule has 2 atom stereocenters. The monoisotopic (exact) mass is 326 g/mol. The van der Waals surface area contributed by atoms with Gasteiger partial charge in [0.05, 0.1) is 0 Å². The van der Waals surface area contributed by atoms with Gasteiger partial charge in [0, 0.05) is 11.1 Å². The van der Waals surface area contributed by atoms with Gasteiger partial charge in [-0.15, -0.1) is 0 Å². The van der Waals surface area contributed by atoms with Crippen molar-refractivity contribution in [2.24, 2.45) is 0 Å². The number of fused-ring (bicyclic) bond motifs is 3. The molecule has 2 aromatic rings. The summed E-state index contributed by atoms with van der Waals surface area (Å²) in [7, 11) is 0. The third kappa shape index (κ3) is 3.30. The molecule has 2 unspecified atom stereocenters. The summed E-state index contributed by atoms with van der Waals surface area (Å²) in [5.74, 6) is 0.721. The van der Waals surface area contributed by atoms with Crippen molar-refractivity contribution in [3.8, 4) is 22.6 Å². The topological polar surface area (TPSA) is 71.1 Å². The van der Waals surface area contributed by atoms with Gasteiger partial charge in [-0.2, -0.15) is 8.42 Å². The molecular formula is C13H10O6S2. The number of benzene rings is 2. The van der Waals surface area contributed by atoms with Crippen LogP contribution in [0.25, 0.3) is 11.1 Å². The van der Waals surface area contributed by atoms with Gasteiger partial charge in [-0.25, -0.2) is 8.37 Å². The highest BCUT2D eigenvalue weighted by Gasteiger charge is 2.17. The lowest BCUT2D eigenvalue weighted by Gasteiger charge is -2.11. The van der Waals surface area contributed by atoms with Crippen molar-refractivity contribution < 1.29 is 25.2 Å². The quantitative estimate of drug-likeness (QED) is 0.739. The van der Waals surface area contributed by atoms with Crippen molar-refractivity contribution in [2.75, 3.05) is 6.79 Å². The molecule has 0 N–H and O–H groups in total. The number of para-hydroxylation sites is 2. The van der Waals surface area contributed by atoms with E-state index in [2.05, 4.69) is 0 Å². The van der Waals surface area contributed by atoms with Crippen LogP contribution in [0.2, 0.25) is 0 Å². The van der Waals surface area contributed by atoms with Crippen molar-refractivity contribution >= 4 is 22.7 Å². The summed E-state index contributed by atoms with van der Waals surface area (Å²) >= 11 is -4.13. The molecule has 0 spiro atoms. The Morgan fingerprint density at radius 2 is 1.14 bits per heavy atom. The normalized spacial score (nSPS) is 21.9. The third-order valence-electron chi connectivity index (χ3n) is 2.67. The van der Waals surface area contributed by atoms with Gasteiger partial charge in [0.1, 0.15) is 0 Å². The van der Waals surface area contributed by atoms with Gasteiger partial charge in [0.15, 0.2) is 18.3 Å². The van der Waals surface area contributed by atoms with Gasteiger partial charge >= 0.3 is 22.7 Å². The molecular weight excluding hydrogens is 316 g/mol. The molecule has 0 fully saturated rings. The fourth-order valence-electron chi connectivity index (χ4n) is 1.82. The number of hydrogen-bond donors (Lipinski definition) is 0. The minimum absolute atomic E-state index is 0.361. The van der Waals surface area contributed by atoms with Crippen LogP contribution < -0.4 is 8.37 Å². The van der Waals surface area contributed by atoms with E-state index in [9.17, 15) is 8.42 Å². The minimum atomic E-state index is -2.06. The maximum absolute atomic E-state index is 11.6. The average Bonchev–Trinajstić information content (AvgIpc) is 2.50. The van der Waals surface area contributed by atoms with Gasteiger partial charge < -0.3 is 8.37 Å². The highest BCUT2D eigenvalue weighted by molar-refractivity contribution is 7.76. The molecule has 0 radical (unpaired) electrons. The fourth-order valence-corrected chi connectivity index (χ4v) is 2.81. The highest BCUT2D eigenvalue weighted by Crippen LogP contribution is 2.37. The second kappa shape index (κ2) is 6.35. The molecule has 8 heteroatoms. The Kier molecular flexibility index (Phi) is 4.30.